The number of benzene rings is 1. The molecule has 12 nitrogen and oxygen atoms in total. The number of carboxylic acids is 1. The van der Waals surface area contributed by atoms with Crippen molar-refractivity contribution < 1.29 is 28.9 Å². The molecule has 2 N–H and O–H groups in total. The van der Waals surface area contributed by atoms with Crippen LogP contribution < -0.4 is 16.0 Å². The van der Waals surface area contributed by atoms with Crippen molar-refractivity contribution in [2.75, 3.05) is 20.3 Å². The predicted octanol–water partition coefficient (Wildman–Crippen LogP) is 2.48. The number of thiophene rings is 1. The first-order valence-electron chi connectivity index (χ1n) is 12.9. The molecule has 220 valence electrons. The summed E-state index contributed by atoms with van der Waals surface area (Å²) in [6, 6.07) is 4.08. The summed E-state index contributed by atoms with van der Waals surface area (Å²) in [5.41, 5.74) is -2.24. The number of aromatic nitrogens is 5. The molecule has 0 radical (unpaired) electrons. The minimum absolute atomic E-state index is 0.0526. The fourth-order valence-corrected chi connectivity index (χ4v) is 5.73. The van der Waals surface area contributed by atoms with Crippen LogP contribution in [0.5, 0.6) is 5.75 Å². The van der Waals surface area contributed by atoms with Gasteiger partial charge in [0.2, 0.25) is 0 Å². The van der Waals surface area contributed by atoms with E-state index in [-0.39, 0.29) is 24.5 Å². The van der Waals surface area contributed by atoms with Crippen LogP contribution in [0.3, 0.4) is 0 Å². The molecule has 0 amide bonds. The molecule has 41 heavy (non-hydrogen) atoms. The van der Waals surface area contributed by atoms with Crippen LogP contribution in [0.4, 0.5) is 4.39 Å². The number of hydrogen-bond acceptors (Lipinski definition) is 9. The molecule has 4 heterocycles. The molecule has 1 aliphatic heterocycles. The van der Waals surface area contributed by atoms with Crippen LogP contribution in [0.25, 0.3) is 15.2 Å². The van der Waals surface area contributed by atoms with E-state index in [1.54, 1.807) is 6.92 Å². The summed E-state index contributed by atoms with van der Waals surface area (Å²) in [5, 5.41) is 27.5. The van der Waals surface area contributed by atoms with Crippen molar-refractivity contribution in [3.63, 3.8) is 0 Å². The van der Waals surface area contributed by atoms with E-state index in [1.807, 2.05) is 0 Å². The lowest BCUT2D eigenvalue weighted by atomic mass is 10.1. The van der Waals surface area contributed by atoms with Gasteiger partial charge in [-0.2, -0.15) is 10.2 Å². The second-order valence-corrected chi connectivity index (χ2v) is 11.0. The van der Waals surface area contributed by atoms with E-state index in [4.69, 9.17) is 14.6 Å². The van der Waals surface area contributed by atoms with E-state index in [9.17, 15) is 23.9 Å². The molecule has 1 aliphatic rings. The number of carboxylic acid groups (broad SMARTS) is 1. The third kappa shape index (κ3) is 6.09. The molecule has 3 aromatic heterocycles. The summed E-state index contributed by atoms with van der Waals surface area (Å²) < 4.78 is 26.2. The first-order chi connectivity index (χ1) is 19.5. The van der Waals surface area contributed by atoms with Gasteiger partial charge in [-0.25, -0.2) is 18.5 Å². The van der Waals surface area contributed by atoms with Crippen LogP contribution in [0.15, 0.2) is 40.2 Å². The highest BCUT2D eigenvalue weighted by Crippen LogP contribution is 2.31. The van der Waals surface area contributed by atoms with Gasteiger partial charge in [0.05, 0.1) is 31.0 Å². The Morgan fingerprint density at radius 2 is 1.88 bits per heavy atom. The van der Waals surface area contributed by atoms with E-state index < -0.39 is 28.6 Å². The number of carbonyl (C=O) groups is 1. The molecular formula is C27H32FN5O7S. The van der Waals surface area contributed by atoms with Crippen LogP contribution >= 0.6 is 11.3 Å². The van der Waals surface area contributed by atoms with Crippen molar-refractivity contribution >= 4 is 27.5 Å². The molecule has 0 spiro atoms. The number of rotatable bonds is 7. The van der Waals surface area contributed by atoms with Crippen LogP contribution in [0.2, 0.25) is 0 Å². The molecule has 1 fully saturated rings. The monoisotopic (exact) mass is 589 g/mol. The number of halogens is 1. The third-order valence-corrected chi connectivity index (χ3v) is 8.19. The molecule has 14 heteroatoms. The maximum absolute atomic E-state index is 13.9. The summed E-state index contributed by atoms with van der Waals surface area (Å²) in [7, 11) is 1.46. The van der Waals surface area contributed by atoms with Crippen LogP contribution in [-0.4, -0.2) is 66.7 Å². The lowest BCUT2D eigenvalue weighted by Gasteiger charge is -2.23. The zero-order chi connectivity index (χ0) is 29.9. The highest BCUT2D eigenvalue weighted by Gasteiger charge is 2.35. The number of fused-ring (bicyclic) bond motifs is 1. The highest BCUT2D eigenvalue weighted by molar-refractivity contribution is 7.21. The van der Waals surface area contributed by atoms with Gasteiger partial charge < -0.3 is 19.7 Å². The molecule has 0 aliphatic carbocycles. The van der Waals surface area contributed by atoms with Crippen LogP contribution in [0, 0.1) is 12.7 Å². The number of methoxy groups -OCH3 is 1. The normalized spacial score (nSPS) is 14.1. The lowest BCUT2D eigenvalue weighted by molar-refractivity contribution is -0.146. The number of aliphatic carboxylic acids is 1. The summed E-state index contributed by atoms with van der Waals surface area (Å²) in [6.07, 6.45) is 4.72. The Morgan fingerprint density at radius 1 is 1.22 bits per heavy atom. The number of ether oxygens (including phenoxy) is 2. The van der Waals surface area contributed by atoms with Gasteiger partial charge in [0.1, 0.15) is 26.9 Å². The molecule has 0 saturated carbocycles. The summed E-state index contributed by atoms with van der Waals surface area (Å²) in [4.78, 5) is 40.6. The lowest BCUT2D eigenvalue weighted by Crippen LogP contribution is -2.52. The van der Waals surface area contributed by atoms with Crippen molar-refractivity contribution in [1.82, 2.24) is 24.1 Å². The van der Waals surface area contributed by atoms with E-state index in [0.29, 0.717) is 26.7 Å². The molecule has 0 unspecified atom stereocenters. The van der Waals surface area contributed by atoms with Gasteiger partial charge in [-0.15, -0.1) is 4.80 Å². The smallest absolute Gasteiger partial charge is 0.333 e. The molecule has 0 bridgehead atoms. The van der Waals surface area contributed by atoms with Gasteiger partial charge in [-0.3, -0.25) is 9.36 Å². The third-order valence-electron chi connectivity index (χ3n) is 6.91. The van der Waals surface area contributed by atoms with E-state index in [0.717, 1.165) is 42.0 Å². The van der Waals surface area contributed by atoms with Gasteiger partial charge >= 0.3 is 11.7 Å². The Kier molecular flexibility index (Phi) is 9.05. The number of hydrogen-bond donors (Lipinski definition) is 2. The van der Waals surface area contributed by atoms with Gasteiger partial charge in [-0.05, 0) is 63.8 Å². The van der Waals surface area contributed by atoms with Crippen LogP contribution in [-0.2, 0) is 28.0 Å². The number of aliphatic hydroxyl groups excluding tert-OH is 1. The summed E-state index contributed by atoms with van der Waals surface area (Å²) in [5.74, 6) is -1.33. The Hall–Kier alpha value is -3.88. The van der Waals surface area contributed by atoms with Crippen LogP contribution in [0.1, 0.15) is 37.8 Å². The standard InChI is InChI=1S/C22H22FN5O5S.C5H10O2/c1-12-16-17(29)27(22(2,3)20(30)31)21(32)26(19(16)34-18(12)28-24-8-9-25-28)10-7-13-11-14(23)5-6-15(13)33-4;6-5-1-3-7-4-2-5/h5-6,8-9,11H,7,10H2,1-4H3,(H,30,31);5-6H,1-4H2. The predicted molar refractivity (Wildman–Crippen MR) is 150 cm³/mol. The number of aryl methyl sites for hydroxylation is 3. The van der Waals surface area contributed by atoms with Gasteiger partial charge in [-0.1, -0.05) is 11.3 Å². The molecule has 1 saturated heterocycles. The van der Waals surface area contributed by atoms with Crippen molar-refractivity contribution in [2.45, 2.75) is 58.2 Å². The van der Waals surface area contributed by atoms with E-state index >= 15 is 0 Å². The second kappa shape index (κ2) is 12.3. The molecule has 0 atom stereocenters. The maximum Gasteiger partial charge on any atom is 0.333 e. The minimum Gasteiger partial charge on any atom is -0.496 e. The topological polar surface area (TPSA) is 151 Å². The quantitative estimate of drug-likeness (QED) is 0.331. The Labute approximate surface area is 238 Å². The second-order valence-electron chi connectivity index (χ2n) is 10.0. The number of nitrogens with zero attached hydrogens (tertiary/aromatic N) is 5. The van der Waals surface area contributed by atoms with E-state index in [1.165, 1.54) is 60.9 Å². The molecular weight excluding hydrogens is 557 g/mol. The number of aliphatic hydroxyl groups is 1. The minimum atomic E-state index is -1.81. The first kappa shape index (κ1) is 30.1. The van der Waals surface area contributed by atoms with Crippen molar-refractivity contribution in [1.29, 1.82) is 0 Å². The Morgan fingerprint density at radius 3 is 2.44 bits per heavy atom. The van der Waals surface area contributed by atoms with Gasteiger partial charge in [0.25, 0.3) is 5.56 Å². The van der Waals surface area contributed by atoms with Crippen molar-refractivity contribution in [3.05, 3.63) is 68.4 Å². The average molecular weight is 590 g/mol. The molecule has 5 rings (SSSR count). The SMILES string of the molecule is COc1ccc(F)cc1CCn1c(=O)n(C(C)(C)C(=O)O)c(=O)c2c(C)c(-n3nccn3)sc21.OC1CCOCC1. The molecule has 1 aromatic carbocycles. The zero-order valence-corrected chi connectivity index (χ0v) is 24.0. The Balaban J connectivity index is 0.000000483. The fourth-order valence-electron chi connectivity index (χ4n) is 4.49. The van der Waals surface area contributed by atoms with Crippen molar-refractivity contribution in [3.8, 4) is 10.8 Å². The largest absolute Gasteiger partial charge is 0.496 e. The molecule has 4 aromatic rings. The highest BCUT2D eigenvalue weighted by atomic mass is 32.1. The summed E-state index contributed by atoms with van der Waals surface area (Å²) >= 11 is 1.15. The van der Waals surface area contributed by atoms with Gasteiger partial charge in [0.15, 0.2) is 0 Å². The van der Waals surface area contributed by atoms with Crippen molar-refractivity contribution in [2.24, 2.45) is 0 Å². The van der Waals surface area contributed by atoms with E-state index in [2.05, 4.69) is 10.2 Å². The average Bonchev–Trinajstić information content (AvgIpc) is 3.57. The fraction of sp³-hybridized carbons (Fsp3) is 0.444. The first-order valence-corrected chi connectivity index (χ1v) is 13.8. The Bertz CT molecular complexity index is 1650. The maximum atomic E-state index is 13.9. The van der Waals surface area contributed by atoms with Gasteiger partial charge in [0, 0.05) is 25.3 Å². The summed E-state index contributed by atoms with van der Waals surface area (Å²) in [6.45, 7) is 5.81. The zero-order valence-electron chi connectivity index (χ0n) is 23.2.